The van der Waals surface area contributed by atoms with Crippen molar-refractivity contribution in [3.8, 4) is 0 Å². The van der Waals surface area contributed by atoms with Gasteiger partial charge in [0, 0.05) is 0 Å². The summed E-state index contributed by atoms with van der Waals surface area (Å²) in [4.78, 5) is 16.3. The molecule has 4 nitrogen and oxygen atoms in total. The van der Waals surface area contributed by atoms with Crippen LogP contribution >= 0.6 is 11.6 Å². The van der Waals surface area contributed by atoms with E-state index < -0.39 is 6.17 Å². The van der Waals surface area contributed by atoms with E-state index in [9.17, 15) is 4.79 Å². The fourth-order valence-electron chi connectivity index (χ4n) is 1.73. The zero-order chi connectivity index (χ0) is 11.9. The standard InChI is InChI=1S/C11H12ClN3O/c1-6-4-3-5-8-9(6)10(16)15(7(2)13)11(12)14-8/h3-5,7H,13H2,1-2H3. The summed E-state index contributed by atoms with van der Waals surface area (Å²) in [6.07, 6.45) is -0.489. The lowest BCUT2D eigenvalue weighted by atomic mass is 10.1. The van der Waals surface area contributed by atoms with Crippen LogP contribution in [0.15, 0.2) is 23.0 Å². The lowest BCUT2D eigenvalue weighted by Gasteiger charge is -2.13. The zero-order valence-electron chi connectivity index (χ0n) is 9.07. The number of aromatic nitrogens is 2. The number of fused-ring (bicyclic) bond motifs is 1. The zero-order valence-corrected chi connectivity index (χ0v) is 9.82. The van der Waals surface area contributed by atoms with Crippen molar-refractivity contribution >= 4 is 22.5 Å². The Morgan fingerprint density at radius 1 is 1.50 bits per heavy atom. The van der Waals surface area contributed by atoms with Crippen molar-refractivity contribution in [2.24, 2.45) is 5.73 Å². The number of hydrogen-bond donors (Lipinski definition) is 1. The number of rotatable bonds is 1. The van der Waals surface area contributed by atoms with E-state index in [1.165, 1.54) is 4.57 Å². The smallest absolute Gasteiger partial charge is 0.263 e. The van der Waals surface area contributed by atoms with Crippen LogP contribution in [0.4, 0.5) is 0 Å². The van der Waals surface area contributed by atoms with E-state index in [1.807, 2.05) is 19.1 Å². The maximum atomic E-state index is 12.2. The summed E-state index contributed by atoms with van der Waals surface area (Å²) in [5.74, 6) is 0. The van der Waals surface area contributed by atoms with E-state index in [0.29, 0.717) is 10.9 Å². The first-order chi connectivity index (χ1) is 7.52. The molecule has 16 heavy (non-hydrogen) atoms. The van der Waals surface area contributed by atoms with Gasteiger partial charge >= 0.3 is 0 Å². The predicted molar refractivity (Wildman–Crippen MR) is 64.6 cm³/mol. The van der Waals surface area contributed by atoms with E-state index in [1.54, 1.807) is 13.0 Å². The van der Waals surface area contributed by atoms with Crippen molar-refractivity contribution in [3.63, 3.8) is 0 Å². The maximum Gasteiger partial charge on any atom is 0.263 e. The lowest BCUT2D eigenvalue weighted by Crippen LogP contribution is -2.30. The minimum Gasteiger partial charge on any atom is -0.311 e. The Morgan fingerprint density at radius 3 is 2.81 bits per heavy atom. The molecular formula is C11H12ClN3O. The van der Waals surface area contributed by atoms with E-state index in [4.69, 9.17) is 17.3 Å². The van der Waals surface area contributed by atoms with E-state index >= 15 is 0 Å². The number of hydrogen-bond acceptors (Lipinski definition) is 3. The third-order valence-electron chi connectivity index (χ3n) is 2.50. The van der Waals surface area contributed by atoms with E-state index in [-0.39, 0.29) is 10.8 Å². The van der Waals surface area contributed by atoms with Gasteiger partial charge in [0.15, 0.2) is 0 Å². The number of nitrogens with two attached hydrogens (primary N) is 1. The van der Waals surface area contributed by atoms with Gasteiger partial charge in [-0.15, -0.1) is 0 Å². The minimum absolute atomic E-state index is 0.123. The van der Waals surface area contributed by atoms with E-state index in [0.717, 1.165) is 5.56 Å². The van der Waals surface area contributed by atoms with Crippen LogP contribution in [-0.4, -0.2) is 9.55 Å². The van der Waals surface area contributed by atoms with Crippen molar-refractivity contribution in [2.75, 3.05) is 0 Å². The fraction of sp³-hybridized carbons (Fsp3) is 0.273. The molecule has 1 atom stereocenters. The summed E-state index contributed by atoms with van der Waals surface area (Å²) in [6, 6.07) is 5.47. The van der Waals surface area contributed by atoms with Crippen molar-refractivity contribution in [1.29, 1.82) is 0 Å². The molecule has 1 heterocycles. The molecule has 84 valence electrons. The number of nitrogens with zero attached hydrogens (tertiary/aromatic N) is 2. The van der Waals surface area contributed by atoms with E-state index in [2.05, 4.69) is 4.98 Å². The molecule has 2 N–H and O–H groups in total. The predicted octanol–water partition coefficient (Wildman–Crippen LogP) is 1.84. The van der Waals surface area contributed by atoms with Crippen molar-refractivity contribution < 1.29 is 0 Å². The summed E-state index contributed by atoms with van der Waals surface area (Å²) in [6.45, 7) is 3.56. The summed E-state index contributed by atoms with van der Waals surface area (Å²) in [5, 5.41) is 0.697. The third-order valence-corrected chi connectivity index (χ3v) is 2.77. The SMILES string of the molecule is Cc1cccc2nc(Cl)n(C(C)N)c(=O)c12. The van der Waals surface area contributed by atoms with Crippen LogP contribution in [0.1, 0.15) is 18.7 Å². The van der Waals surface area contributed by atoms with Gasteiger partial charge in [-0.05, 0) is 37.1 Å². The monoisotopic (exact) mass is 237 g/mol. The third kappa shape index (κ3) is 1.60. The molecule has 0 aliphatic carbocycles. The van der Waals surface area contributed by atoms with Gasteiger partial charge in [0.05, 0.1) is 17.1 Å². The second kappa shape index (κ2) is 3.88. The molecule has 0 amide bonds. The van der Waals surface area contributed by atoms with Crippen LogP contribution in [0.2, 0.25) is 5.28 Å². The Bertz CT molecular complexity index is 604. The molecular weight excluding hydrogens is 226 g/mol. The van der Waals surface area contributed by atoms with Crippen LogP contribution in [0.25, 0.3) is 10.9 Å². The molecule has 0 saturated carbocycles. The minimum atomic E-state index is -0.489. The van der Waals surface area contributed by atoms with Gasteiger partial charge in [-0.1, -0.05) is 12.1 Å². The average Bonchev–Trinajstić information content (AvgIpc) is 2.15. The number of aryl methyl sites for hydroxylation is 1. The van der Waals surface area contributed by atoms with Gasteiger partial charge in [-0.3, -0.25) is 9.36 Å². The van der Waals surface area contributed by atoms with Crippen LogP contribution in [0, 0.1) is 6.92 Å². The number of benzene rings is 1. The van der Waals surface area contributed by atoms with Crippen LogP contribution in [-0.2, 0) is 0 Å². The summed E-state index contributed by atoms with van der Waals surface area (Å²) < 4.78 is 1.29. The Labute approximate surface area is 97.7 Å². The highest BCUT2D eigenvalue weighted by Gasteiger charge is 2.12. The second-order valence-electron chi connectivity index (χ2n) is 3.77. The quantitative estimate of drug-likeness (QED) is 0.770. The molecule has 5 heteroatoms. The van der Waals surface area contributed by atoms with Gasteiger partial charge in [0.2, 0.25) is 5.28 Å². The maximum absolute atomic E-state index is 12.2. The van der Waals surface area contributed by atoms with Crippen LogP contribution in [0.3, 0.4) is 0 Å². The van der Waals surface area contributed by atoms with Crippen molar-refractivity contribution in [3.05, 3.63) is 39.4 Å². The first-order valence-electron chi connectivity index (χ1n) is 4.95. The molecule has 2 rings (SSSR count). The highest BCUT2D eigenvalue weighted by atomic mass is 35.5. The second-order valence-corrected chi connectivity index (χ2v) is 4.10. The first-order valence-corrected chi connectivity index (χ1v) is 5.33. The Kier molecular flexibility index (Phi) is 2.69. The molecule has 0 aliphatic rings. The normalized spacial score (nSPS) is 13.0. The Hall–Kier alpha value is -1.39. The van der Waals surface area contributed by atoms with Gasteiger partial charge in [-0.25, -0.2) is 4.98 Å². The Morgan fingerprint density at radius 2 is 2.19 bits per heavy atom. The van der Waals surface area contributed by atoms with Gasteiger partial charge in [0.25, 0.3) is 5.56 Å². The first kappa shape index (κ1) is 11.1. The highest BCUT2D eigenvalue weighted by Crippen LogP contribution is 2.16. The summed E-state index contributed by atoms with van der Waals surface area (Å²) >= 11 is 5.93. The largest absolute Gasteiger partial charge is 0.311 e. The van der Waals surface area contributed by atoms with Crippen LogP contribution in [0.5, 0.6) is 0 Å². The molecule has 1 unspecified atom stereocenters. The fourth-order valence-corrected chi connectivity index (χ4v) is 2.06. The highest BCUT2D eigenvalue weighted by molar-refractivity contribution is 6.28. The van der Waals surface area contributed by atoms with Gasteiger partial charge in [-0.2, -0.15) is 0 Å². The molecule has 0 fully saturated rings. The Balaban J connectivity index is 2.97. The molecule has 0 radical (unpaired) electrons. The summed E-state index contributed by atoms with van der Waals surface area (Å²) in [7, 11) is 0. The van der Waals surface area contributed by atoms with Crippen molar-refractivity contribution in [1.82, 2.24) is 9.55 Å². The topological polar surface area (TPSA) is 60.9 Å². The van der Waals surface area contributed by atoms with Crippen LogP contribution < -0.4 is 11.3 Å². The summed E-state index contributed by atoms with van der Waals surface area (Å²) in [5.41, 5.74) is 6.98. The lowest BCUT2D eigenvalue weighted by molar-refractivity contribution is 0.548. The van der Waals surface area contributed by atoms with Crippen molar-refractivity contribution in [2.45, 2.75) is 20.0 Å². The molecule has 2 aromatic rings. The van der Waals surface area contributed by atoms with Gasteiger partial charge in [0.1, 0.15) is 0 Å². The molecule has 1 aromatic heterocycles. The molecule has 0 spiro atoms. The molecule has 0 aliphatic heterocycles. The molecule has 0 bridgehead atoms. The molecule has 1 aromatic carbocycles. The average molecular weight is 238 g/mol. The molecule has 0 saturated heterocycles. The number of halogens is 1. The van der Waals surface area contributed by atoms with Gasteiger partial charge < -0.3 is 5.73 Å².